The second-order valence-electron chi connectivity index (χ2n) is 7.28. The number of pyridine rings is 1. The van der Waals surface area contributed by atoms with Crippen LogP contribution in [0.2, 0.25) is 0 Å². The first-order valence-electron chi connectivity index (χ1n) is 10.00. The number of nitrogens with one attached hydrogen (secondary N) is 1. The van der Waals surface area contributed by atoms with Crippen molar-refractivity contribution in [3.8, 4) is 0 Å². The van der Waals surface area contributed by atoms with Crippen LogP contribution in [0.3, 0.4) is 0 Å². The second kappa shape index (κ2) is 9.85. The highest BCUT2D eigenvalue weighted by atomic mass is 79.9. The summed E-state index contributed by atoms with van der Waals surface area (Å²) in [6.45, 7) is 2.87. The molecule has 0 amide bonds. The Morgan fingerprint density at radius 3 is 2.78 bits per heavy atom. The lowest BCUT2D eigenvalue weighted by Crippen LogP contribution is -2.43. The van der Waals surface area contributed by atoms with E-state index in [9.17, 15) is 13.6 Å². The number of aliphatic imine (C=N–C) groups is 1. The molecular weight excluding hydrogens is 486 g/mol. The zero-order chi connectivity index (χ0) is 22.7. The zero-order valence-electron chi connectivity index (χ0n) is 17.3. The Bertz CT molecular complexity index is 1090. The van der Waals surface area contributed by atoms with Crippen LogP contribution >= 0.6 is 15.9 Å². The van der Waals surface area contributed by atoms with Crippen molar-refractivity contribution >= 4 is 27.7 Å². The maximum absolute atomic E-state index is 14.6. The van der Waals surface area contributed by atoms with E-state index in [-0.39, 0.29) is 17.1 Å². The molecule has 2 aliphatic heterocycles. The molecule has 2 aliphatic rings. The van der Waals surface area contributed by atoms with E-state index in [2.05, 4.69) is 36.1 Å². The minimum atomic E-state index is -0.855. The molecule has 4 rings (SSSR count). The Hall–Kier alpha value is -2.69. The molecule has 3 heterocycles. The molecule has 10 heteroatoms. The van der Waals surface area contributed by atoms with Gasteiger partial charge in [0.15, 0.2) is 11.7 Å². The average Bonchev–Trinajstić information content (AvgIpc) is 2.79. The molecule has 1 saturated heterocycles. The molecule has 1 fully saturated rings. The molecule has 0 aliphatic carbocycles. The first-order valence-corrected chi connectivity index (χ1v) is 10.8. The van der Waals surface area contributed by atoms with Crippen LogP contribution < -0.4 is 5.32 Å². The smallest absolute Gasteiger partial charge is 0.338 e. The predicted molar refractivity (Wildman–Crippen MR) is 117 cm³/mol. The van der Waals surface area contributed by atoms with Crippen LogP contribution in [-0.4, -0.2) is 61.6 Å². The zero-order valence-corrected chi connectivity index (χ0v) is 18.9. The monoisotopic (exact) mass is 506 g/mol. The number of hydrogen-bond donors (Lipinski definition) is 1. The molecule has 7 nitrogen and oxygen atoms in total. The number of carbonyl (C=O) groups excluding carboxylic acids is 1. The molecule has 1 unspecified atom stereocenters. The van der Waals surface area contributed by atoms with Crippen LogP contribution in [0.25, 0.3) is 0 Å². The summed E-state index contributed by atoms with van der Waals surface area (Å²) in [5.74, 6) is -1.39. The van der Waals surface area contributed by atoms with Gasteiger partial charge in [-0.25, -0.2) is 18.6 Å². The van der Waals surface area contributed by atoms with Gasteiger partial charge in [-0.1, -0.05) is 22.0 Å². The largest absolute Gasteiger partial charge is 0.466 e. The van der Waals surface area contributed by atoms with Gasteiger partial charge in [-0.05, 0) is 29.8 Å². The number of esters is 1. The van der Waals surface area contributed by atoms with Gasteiger partial charge in [-0.15, -0.1) is 0 Å². The van der Waals surface area contributed by atoms with E-state index in [1.807, 2.05) is 0 Å². The van der Waals surface area contributed by atoms with Crippen LogP contribution in [0.4, 0.5) is 8.78 Å². The number of carbonyl (C=O) groups is 1. The Morgan fingerprint density at radius 2 is 2.09 bits per heavy atom. The summed E-state index contributed by atoms with van der Waals surface area (Å²) >= 11 is 3.37. The second-order valence-corrected chi connectivity index (χ2v) is 8.13. The standard InChI is InChI=1S/C22H21BrF2N4O3/c1-31-22(30)18-17(12-29-7-9-32-10-8-29)27-21(20-16(25)3-2-6-26-20)28-19(18)14-5-4-13(24)11-15(14)23/h2-6,11,19H,7-10,12H2,1H3,(H,27,28). The van der Waals surface area contributed by atoms with E-state index in [1.165, 1.54) is 37.6 Å². The number of rotatable bonds is 5. The van der Waals surface area contributed by atoms with Gasteiger partial charge in [0.1, 0.15) is 17.6 Å². The first-order chi connectivity index (χ1) is 15.5. The minimum Gasteiger partial charge on any atom is -0.466 e. The molecule has 1 aromatic heterocycles. The minimum absolute atomic E-state index is 0.0270. The van der Waals surface area contributed by atoms with Crippen LogP contribution in [-0.2, 0) is 14.3 Å². The summed E-state index contributed by atoms with van der Waals surface area (Å²) in [6.07, 6.45) is 1.46. The number of ether oxygens (including phenoxy) is 2. The van der Waals surface area contributed by atoms with Gasteiger partial charge >= 0.3 is 5.97 Å². The fourth-order valence-corrected chi connectivity index (χ4v) is 4.25. The van der Waals surface area contributed by atoms with Gasteiger partial charge in [0.05, 0.1) is 25.9 Å². The number of methoxy groups -OCH3 is 1. The fourth-order valence-electron chi connectivity index (χ4n) is 3.68. The average molecular weight is 507 g/mol. The van der Waals surface area contributed by atoms with Crippen molar-refractivity contribution in [2.45, 2.75) is 6.04 Å². The van der Waals surface area contributed by atoms with Crippen molar-refractivity contribution in [1.82, 2.24) is 15.2 Å². The van der Waals surface area contributed by atoms with Crippen LogP contribution in [0.5, 0.6) is 0 Å². The molecule has 0 radical (unpaired) electrons. The third-order valence-electron chi connectivity index (χ3n) is 5.26. The molecule has 0 bridgehead atoms. The quantitative estimate of drug-likeness (QED) is 0.628. The van der Waals surface area contributed by atoms with Crippen molar-refractivity contribution in [3.63, 3.8) is 0 Å². The van der Waals surface area contributed by atoms with Gasteiger partial charge in [0.2, 0.25) is 0 Å². The Labute approximate surface area is 192 Å². The molecule has 2 aromatic rings. The lowest BCUT2D eigenvalue weighted by atomic mass is 9.95. The number of morpholine rings is 1. The van der Waals surface area contributed by atoms with Crippen molar-refractivity contribution in [1.29, 1.82) is 0 Å². The Balaban J connectivity index is 1.85. The van der Waals surface area contributed by atoms with E-state index in [4.69, 9.17) is 9.47 Å². The summed E-state index contributed by atoms with van der Waals surface area (Å²) in [5.41, 5.74) is 1.36. The van der Waals surface area contributed by atoms with Crippen LogP contribution in [0.15, 0.2) is 57.3 Å². The number of nitrogens with zero attached hydrogens (tertiary/aromatic N) is 3. The van der Waals surface area contributed by atoms with E-state index in [0.29, 0.717) is 48.6 Å². The topological polar surface area (TPSA) is 76.0 Å². The summed E-state index contributed by atoms with van der Waals surface area (Å²) in [7, 11) is 1.29. The van der Waals surface area contributed by atoms with E-state index >= 15 is 0 Å². The van der Waals surface area contributed by atoms with Crippen LogP contribution in [0.1, 0.15) is 17.3 Å². The van der Waals surface area contributed by atoms with Gasteiger partial charge in [-0.2, -0.15) is 0 Å². The molecule has 1 N–H and O–H groups in total. The summed E-state index contributed by atoms with van der Waals surface area (Å²) in [6, 6.07) is 6.04. The van der Waals surface area contributed by atoms with Gasteiger partial charge in [-0.3, -0.25) is 9.89 Å². The number of aromatic nitrogens is 1. The lowest BCUT2D eigenvalue weighted by molar-refractivity contribution is -0.136. The van der Waals surface area contributed by atoms with E-state index < -0.39 is 23.6 Å². The predicted octanol–water partition coefficient (Wildman–Crippen LogP) is 2.97. The number of halogens is 3. The number of benzene rings is 1. The van der Waals surface area contributed by atoms with Gasteiger partial charge < -0.3 is 14.8 Å². The normalized spacial score (nSPS) is 19.4. The SMILES string of the molecule is COC(=O)C1=C(CN2CCOCC2)NC(c2ncccc2F)=NC1c1ccc(F)cc1Br. The highest BCUT2D eigenvalue weighted by molar-refractivity contribution is 9.10. The molecular formula is C22H21BrF2N4O3. The summed E-state index contributed by atoms with van der Waals surface area (Å²) in [4.78, 5) is 23.7. The Morgan fingerprint density at radius 1 is 1.31 bits per heavy atom. The lowest BCUT2D eigenvalue weighted by Gasteiger charge is -2.32. The molecule has 0 spiro atoms. The molecule has 0 saturated carbocycles. The van der Waals surface area contributed by atoms with E-state index in [1.54, 1.807) is 6.07 Å². The van der Waals surface area contributed by atoms with Crippen molar-refractivity contribution in [3.05, 3.63) is 75.2 Å². The first kappa shape index (κ1) is 22.5. The maximum atomic E-state index is 14.6. The van der Waals surface area contributed by atoms with Crippen molar-refractivity contribution in [2.75, 3.05) is 40.0 Å². The summed E-state index contributed by atoms with van der Waals surface area (Å²) in [5, 5.41) is 3.11. The third kappa shape index (κ3) is 4.72. The third-order valence-corrected chi connectivity index (χ3v) is 5.94. The maximum Gasteiger partial charge on any atom is 0.338 e. The highest BCUT2D eigenvalue weighted by Gasteiger charge is 2.34. The van der Waals surface area contributed by atoms with Crippen LogP contribution in [0, 0.1) is 11.6 Å². The van der Waals surface area contributed by atoms with Gasteiger partial charge in [0, 0.05) is 36.0 Å². The van der Waals surface area contributed by atoms with Crippen molar-refractivity contribution in [2.24, 2.45) is 4.99 Å². The number of hydrogen-bond acceptors (Lipinski definition) is 7. The summed E-state index contributed by atoms with van der Waals surface area (Å²) < 4.78 is 39.2. The molecule has 1 aromatic carbocycles. The van der Waals surface area contributed by atoms with Crippen molar-refractivity contribution < 1.29 is 23.0 Å². The number of amidine groups is 1. The highest BCUT2D eigenvalue weighted by Crippen LogP contribution is 2.36. The Kier molecular flexibility index (Phi) is 6.92. The fraction of sp³-hybridized carbons (Fsp3) is 0.318. The molecule has 1 atom stereocenters. The molecule has 168 valence electrons. The molecule has 32 heavy (non-hydrogen) atoms. The van der Waals surface area contributed by atoms with Gasteiger partial charge in [0.25, 0.3) is 0 Å². The van der Waals surface area contributed by atoms with E-state index in [0.717, 1.165) is 0 Å².